The summed E-state index contributed by atoms with van der Waals surface area (Å²) in [7, 11) is 2.23. The third kappa shape index (κ3) is 4.67. The smallest absolute Gasteiger partial charge is 0.0445 e. The predicted molar refractivity (Wildman–Crippen MR) is 94.7 cm³/mol. The largest absolute Gasteiger partial charge is 0.396 e. The molecule has 2 N–H and O–H groups in total. The minimum atomic E-state index is 0.338. The van der Waals surface area contributed by atoms with E-state index in [2.05, 4.69) is 27.1 Å². The monoisotopic (exact) mass is 324 g/mol. The Hall–Kier alpha value is -0.200. The summed E-state index contributed by atoms with van der Waals surface area (Å²) in [5.41, 5.74) is 0. The van der Waals surface area contributed by atoms with Gasteiger partial charge in [0.15, 0.2) is 0 Å². The van der Waals surface area contributed by atoms with Gasteiger partial charge < -0.3 is 20.2 Å². The van der Waals surface area contributed by atoms with Gasteiger partial charge in [-0.3, -0.25) is 4.90 Å². The van der Waals surface area contributed by atoms with Crippen LogP contribution in [0.3, 0.4) is 0 Å². The number of likely N-dealkylation sites (N-methyl/N-ethyl adjacent to an activating group) is 1. The molecule has 0 aromatic carbocycles. The topological polar surface area (TPSA) is 42.0 Å². The van der Waals surface area contributed by atoms with Crippen LogP contribution in [0.15, 0.2) is 0 Å². The molecule has 3 unspecified atom stereocenters. The Labute approximate surface area is 142 Å². The molecule has 0 saturated carbocycles. The third-order valence-electron chi connectivity index (χ3n) is 6.24. The van der Waals surface area contributed by atoms with E-state index in [4.69, 9.17) is 0 Å². The number of aliphatic hydroxyl groups excluding tert-OH is 1. The maximum atomic E-state index is 9.43. The fourth-order valence-corrected chi connectivity index (χ4v) is 4.78. The van der Waals surface area contributed by atoms with Gasteiger partial charge in [0.25, 0.3) is 0 Å². The average Bonchev–Trinajstić information content (AvgIpc) is 2.58. The molecule has 3 heterocycles. The number of nitrogens with zero attached hydrogens (tertiary/aromatic N) is 3. The summed E-state index contributed by atoms with van der Waals surface area (Å²) >= 11 is 0. The number of rotatable bonds is 5. The van der Waals surface area contributed by atoms with Crippen molar-refractivity contribution in [3.05, 3.63) is 0 Å². The molecule has 0 spiro atoms. The number of nitrogens with one attached hydrogen (secondary N) is 1. The molecule has 3 saturated heterocycles. The van der Waals surface area contributed by atoms with Crippen LogP contribution in [0.5, 0.6) is 0 Å². The van der Waals surface area contributed by atoms with E-state index < -0.39 is 0 Å². The Morgan fingerprint density at radius 1 is 1.04 bits per heavy atom. The predicted octanol–water partition coefficient (Wildman–Crippen LogP) is 0.449. The maximum absolute atomic E-state index is 9.43. The van der Waals surface area contributed by atoms with Gasteiger partial charge in [0, 0.05) is 58.0 Å². The molecule has 3 atom stereocenters. The third-order valence-corrected chi connectivity index (χ3v) is 6.24. The molecule has 5 heteroatoms. The van der Waals surface area contributed by atoms with Crippen LogP contribution >= 0.6 is 0 Å². The van der Waals surface area contributed by atoms with Crippen molar-refractivity contribution in [3.8, 4) is 0 Å². The van der Waals surface area contributed by atoms with E-state index in [1.54, 1.807) is 0 Å². The van der Waals surface area contributed by atoms with Gasteiger partial charge in [0.1, 0.15) is 0 Å². The summed E-state index contributed by atoms with van der Waals surface area (Å²) in [6.45, 7) is 10.0. The van der Waals surface area contributed by atoms with Crippen LogP contribution < -0.4 is 5.32 Å². The first kappa shape index (κ1) is 17.6. The van der Waals surface area contributed by atoms with Crippen molar-refractivity contribution < 1.29 is 5.11 Å². The van der Waals surface area contributed by atoms with Crippen LogP contribution in [0.1, 0.15) is 32.1 Å². The number of aliphatic hydroxyl groups is 1. The minimum absolute atomic E-state index is 0.338. The Bertz CT molecular complexity index is 344. The quantitative estimate of drug-likeness (QED) is 0.769. The van der Waals surface area contributed by atoms with E-state index in [0.29, 0.717) is 18.7 Å². The SMILES string of the molecule is CN1CCN(CC2CCNCC2N2CCCCC2CCO)CC1. The van der Waals surface area contributed by atoms with Gasteiger partial charge in [0.05, 0.1) is 0 Å². The van der Waals surface area contributed by atoms with E-state index >= 15 is 0 Å². The van der Waals surface area contributed by atoms with Crippen LogP contribution in [0, 0.1) is 5.92 Å². The van der Waals surface area contributed by atoms with Crippen molar-refractivity contribution in [2.45, 2.75) is 44.2 Å². The van der Waals surface area contributed by atoms with Crippen LogP contribution in [0.25, 0.3) is 0 Å². The molecule has 0 amide bonds. The normalized spacial score (nSPS) is 35.5. The molecule has 5 nitrogen and oxygen atoms in total. The van der Waals surface area contributed by atoms with Crippen molar-refractivity contribution in [1.82, 2.24) is 20.0 Å². The Balaban J connectivity index is 1.60. The van der Waals surface area contributed by atoms with Crippen LogP contribution in [0.4, 0.5) is 0 Å². The molecular weight excluding hydrogens is 288 g/mol. The van der Waals surface area contributed by atoms with Gasteiger partial charge in [-0.1, -0.05) is 6.42 Å². The summed E-state index contributed by atoms with van der Waals surface area (Å²) in [4.78, 5) is 7.89. The van der Waals surface area contributed by atoms with E-state index in [1.165, 1.54) is 71.5 Å². The van der Waals surface area contributed by atoms with Gasteiger partial charge in [-0.05, 0) is 51.7 Å². The second-order valence-corrected chi connectivity index (χ2v) is 7.82. The van der Waals surface area contributed by atoms with Crippen molar-refractivity contribution in [2.24, 2.45) is 5.92 Å². The lowest BCUT2D eigenvalue weighted by Crippen LogP contribution is -2.59. The van der Waals surface area contributed by atoms with Gasteiger partial charge in [-0.15, -0.1) is 0 Å². The molecule has 3 fully saturated rings. The van der Waals surface area contributed by atoms with Gasteiger partial charge in [-0.25, -0.2) is 0 Å². The van der Waals surface area contributed by atoms with Crippen LogP contribution in [-0.4, -0.2) is 97.9 Å². The lowest BCUT2D eigenvalue weighted by Gasteiger charge is -2.48. The molecule has 3 rings (SSSR count). The van der Waals surface area contributed by atoms with Gasteiger partial charge in [-0.2, -0.15) is 0 Å². The summed E-state index contributed by atoms with van der Waals surface area (Å²) < 4.78 is 0. The minimum Gasteiger partial charge on any atom is -0.396 e. The zero-order valence-electron chi connectivity index (χ0n) is 14.9. The Morgan fingerprint density at radius 3 is 2.65 bits per heavy atom. The highest BCUT2D eigenvalue weighted by molar-refractivity contribution is 4.92. The molecule has 0 aliphatic carbocycles. The zero-order valence-corrected chi connectivity index (χ0v) is 14.9. The summed E-state index contributed by atoms with van der Waals surface area (Å²) in [5.74, 6) is 0.791. The van der Waals surface area contributed by atoms with Crippen molar-refractivity contribution >= 4 is 0 Å². The fourth-order valence-electron chi connectivity index (χ4n) is 4.78. The first-order valence-corrected chi connectivity index (χ1v) is 9.76. The standard InChI is InChI=1S/C18H36N4O/c1-20-9-11-21(12-10-20)15-16-5-7-19-14-18(16)22-8-3-2-4-17(22)6-13-23/h16-19,23H,2-15H2,1H3. The summed E-state index contributed by atoms with van der Waals surface area (Å²) in [5, 5.41) is 13.1. The molecular formula is C18H36N4O. The highest BCUT2D eigenvalue weighted by atomic mass is 16.3. The molecule has 0 radical (unpaired) electrons. The molecule has 3 aliphatic rings. The van der Waals surface area contributed by atoms with Gasteiger partial charge >= 0.3 is 0 Å². The van der Waals surface area contributed by atoms with Crippen molar-refractivity contribution in [3.63, 3.8) is 0 Å². The van der Waals surface area contributed by atoms with Crippen molar-refractivity contribution in [2.75, 3.05) is 66.0 Å². The Kier molecular flexibility index (Phi) is 6.72. The molecule has 0 bridgehead atoms. The lowest BCUT2D eigenvalue weighted by atomic mass is 9.87. The highest BCUT2D eigenvalue weighted by Gasteiger charge is 2.36. The van der Waals surface area contributed by atoms with Gasteiger partial charge in [0.2, 0.25) is 0 Å². The number of piperidine rings is 2. The van der Waals surface area contributed by atoms with E-state index in [1.807, 2.05) is 0 Å². The molecule has 23 heavy (non-hydrogen) atoms. The van der Waals surface area contributed by atoms with Crippen LogP contribution in [-0.2, 0) is 0 Å². The molecule has 0 aromatic rings. The first-order valence-electron chi connectivity index (χ1n) is 9.76. The van der Waals surface area contributed by atoms with E-state index in [0.717, 1.165) is 18.9 Å². The lowest BCUT2D eigenvalue weighted by molar-refractivity contribution is 0.0179. The number of hydrogen-bond donors (Lipinski definition) is 2. The second kappa shape index (κ2) is 8.77. The zero-order chi connectivity index (χ0) is 16.1. The number of hydrogen-bond acceptors (Lipinski definition) is 5. The first-order chi connectivity index (χ1) is 11.3. The van der Waals surface area contributed by atoms with E-state index in [9.17, 15) is 5.11 Å². The molecule has 134 valence electrons. The average molecular weight is 325 g/mol. The number of likely N-dealkylation sites (tertiary alicyclic amines) is 1. The second-order valence-electron chi connectivity index (χ2n) is 7.82. The summed E-state index contributed by atoms with van der Waals surface area (Å²) in [6.07, 6.45) is 6.21. The van der Waals surface area contributed by atoms with E-state index in [-0.39, 0.29) is 0 Å². The fraction of sp³-hybridized carbons (Fsp3) is 1.00. The molecule has 3 aliphatic heterocycles. The van der Waals surface area contributed by atoms with Crippen LogP contribution in [0.2, 0.25) is 0 Å². The number of piperazine rings is 1. The van der Waals surface area contributed by atoms with Crippen molar-refractivity contribution in [1.29, 1.82) is 0 Å². The molecule has 0 aromatic heterocycles. The Morgan fingerprint density at radius 2 is 1.87 bits per heavy atom. The highest BCUT2D eigenvalue weighted by Crippen LogP contribution is 2.28. The maximum Gasteiger partial charge on any atom is 0.0445 e. The summed E-state index contributed by atoms with van der Waals surface area (Å²) in [6, 6.07) is 1.27.